The Hall–Kier alpha value is -0.880. The van der Waals surface area contributed by atoms with Crippen LogP contribution in [0.3, 0.4) is 0 Å². The number of aryl methyl sites for hydroxylation is 1. The van der Waals surface area contributed by atoms with E-state index < -0.39 is 0 Å². The minimum Gasteiger partial charge on any atom is -0.378 e. The average molecular weight is 348 g/mol. The molecule has 2 aliphatic heterocycles. The van der Waals surface area contributed by atoms with E-state index in [1.807, 2.05) is 19.1 Å². The number of carbonyl (C=O) groups is 1. The van der Waals surface area contributed by atoms with E-state index in [1.54, 1.807) is 6.20 Å². The number of anilines is 1. The number of aromatic nitrogens is 1. The van der Waals surface area contributed by atoms with Crippen LogP contribution in [0.25, 0.3) is 0 Å². The fourth-order valence-electron chi connectivity index (χ4n) is 3.19. The first-order valence-electron chi connectivity index (χ1n) is 7.30. The first-order valence-corrected chi connectivity index (χ1v) is 7.30. The number of amides is 1. The molecule has 1 amide bonds. The summed E-state index contributed by atoms with van der Waals surface area (Å²) >= 11 is 0. The van der Waals surface area contributed by atoms with Gasteiger partial charge in [0.1, 0.15) is 0 Å². The van der Waals surface area contributed by atoms with Crippen LogP contribution in [0.5, 0.6) is 0 Å². The lowest BCUT2D eigenvalue weighted by molar-refractivity contribution is -0.132. The first kappa shape index (κ1) is 19.2. The van der Waals surface area contributed by atoms with Crippen molar-refractivity contribution in [3.8, 4) is 0 Å². The van der Waals surface area contributed by atoms with Crippen molar-refractivity contribution in [1.82, 2.24) is 10.3 Å². The molecule has 3 atom stereocenters. The van der Waals surface area contributed by atoms with E-state index in [-0.39, 0.29) is 48.7 Å². The molecule has 0 unspecified atom stereocenters. The monoisotopic (exact) mass is 347 g/mol. The van der Waals surface area contributed by atoms with Crippen molar-refractivity contribution >= 4 is 36.4 Å². The SMILES string of the molecule is Cc1ncccc1NC(=O)[C@@H]1CCO[C@@H]2CCNC[C@@H]21.Cl.Cl. The van der Waals surface area contributed by atoms with Crippen molar-refractivity contribution in [3.63, 3.8) is 0 Å². The summed E-state index contributed by atoms with van der Waals surface area (Å²) in [4.78, 5) is 16.8. The minimum atomic E-state index is 0. The molecule has 3 heterocycles. The topological polar surface area (TPSA) is 63.2 Å². The van der Waals surface area contributed by atoms with E-state index in [0.717, 1.165) is 37.3 Å². The highest BCUT2D eigenvalue weighted by Gasteiger charge is 2.39. The third kappa shape index (κ3) is 4.10. The van der Waals surface area contributed by atoms with Crippen LogP contribution in [0.4, 0.5) is 5.69 Å². The van der Waals surface area contributed by atoms with Gasteiger partial charge < -0.3 is 15.4 Å². The summed E-state index contributed by atoms with van der Waals surface area (Å²) in [6.45, 7) is 4.45. The van der Waals surface area contributed by atoms with Gasteiger partial charge in [-0.05, 0) is 38.4 Å². The van der Waals surface area contributed by atoms with Crippen LogP contribution >= 0.6 is 24.8 Å². The Balaban J connectivity index is 0.00000121. The van der Waals surface area contributed by atoms with Crippen molar-refractivity contribution in [3.05, 3.63) is 24.0 Å². The maximum absolute atomic E-state index is 12.6. The van der Waals surface area contributed by atoms with Gasteiger partial charge in [-0.1, -0.05) is 0 Å². The van der Waals surface area contributed by atoms with E-state index in [1.165, 1.54) is 0 Å². The molecule has 0 bridgehead atoms. The zero-order chi connectivity index (χ0) is 13.9. The van der Waals surface area contributed by atoms with E-state index in [4.69, 9.17) is 4.74 Å². The third-order valence-electron chi connectivity index (χ3n) is 4.34. The first-order chi connectivity index (χ1) is 9.75. The summed E-state index contributed by atoms with van der Waals surface area (Å²) in [7, 11) is 0. The predicted octanol–water partition coefficient (Wildman–Crippen LogP) is 2.19. The summed E-state index contributed by atoms with van der Waals surface area (Å²) in [5, 5.41) is 6.40. The van der Waals surface area contributed by atoms with Crippen molar-refractivity contribution in [2.24, 2.45) is 11.8 Å². The molecule has 2 N–H and O–H groups in total. The van der Waals surface area contributed by atoms with Crippen LogP contribution < -0.4 is 10.6 Å². The molecule has 124 valence electrons. The normalized spacial score (nSPS) is 26.9. The van der Waals surface area contributed by atoms with Crippen molar-refractivity contribution in [2.45, 2.75) is 25.9 Å². The number of fused-ring (bicyclic) bond motifs is 1. The van der Waals surface area contributed by atoms with E-state index in [0.29, 0.717) is 6.61 Å². The maximum Gasteiger partial charge on any atom is 0.228 e. The number of pyridine rings is 1. The van der Waals surface area contributed by atoms with Gasteiger partial charge >= 0.3 is 0 Å². The fraction of sp³-hybridized carbons (Fsp3) is 0.600. The largest absolute Gasteiger partial charge is 0.378 e. The molecule has 3 rings (SSSR count). The van der Waals surface area contributed by atoms with Gasteiger partial charge in [-0.25, -0.2) is 0 Å². The average Bonchev–Trinajstić information content (AvgIpc) is 2.49. The Bertz CT molecular complexity index is 499. The summed E-state index contributed by atoms with van der Waals surface area (Å²) in [5.74, 6) is 0.415. The van der Waals surface area contributed by atoms with Crippen LogP contribution in [0.15, 0.2) is 18.3 Å². The van der Waals surface area contributed by atoms with E-state index in [9.17, 15) is 4.79 Å². The minimum absolute atomic E-state index is 0. The third-order valence-corrected chi connectivity index (χ3v) is 4.34. The lowest BCUT2D eigenvalue weighted by atomic mass is 9.79. The molecular weight excluding hydrogens is 325 g/mol. The number of hydrogen-bond donors (Lipinski definition) is 2. The summed E-state index contributed by atoms with van der Waals surface area (Å²) in [6, 6.07) is 3.74. The molecule has 0 aliphatic carbocycles. The number of piperidine rings is 1. The fourth-order valence-corrected chi connectivity index (χ4v) is 3.19. The standard InChI is InChI=1S/C15H21N3O2.2ClH/c1-10-13(3-2-6-17-10)18-15(19)11-5-8-20-14-4-7-16-9-12(11)14;;/h2-3,6,11-12,14,16H,4-5,7-9H2,1H3,(H,18,19);2*1H/t11-,12-,14-;;/m1../s1. The molecule has 2 fully saturated rings. The number of carbonyl (C=O) groups excluding carboxylic acids is 1. The van der Waals surface area contributed by atoms with Crippen molar-refractivity contribution in [1.29, 1.82) is 0 Å². The summed E-state index contributed by atoms with van der Waals surface area (Å²) < 4.78 is 5.80. The Morgan fingerprint density at radius 1 is 1.41 bits per heavy atom. The van der Waals surface area contributed by atoms with Gasteiger partial charge in [0.25, 0.3) is 0 Å². The Morgan fingerprint density at radius 2 is 2.23 bits per heavy atom. The summed E-state index contributed by atoms with van der Waals surface area (Å²) in [5.41, 5.74) is 1.66. The smallest absolute Gasteiger partial charge is 0.228 e. The summed E-state index contributed by atoms with van der Waals surface area (Å²) in [6.07, 6.45) is 3.77. The molecule has 1 aromatic heterocycles. The number of halogens is 2. The van der Waals surface area contributed by atoms with Gasteiger partial charge in [0, 0.05) is 31.2 Å². The second-order valence-electron chi connectivity index (χ2n) is 5.59. The quantitative estimate of drug-likeness (QED) is 0.860. The highest BCUT2D eigenvalue weighted by molar-refractivity contribution is 5.93. The van der Waals surface area contributed by atoms with Crippen LogP contribution in [0.2, 0.25) is 0 Å². The molecule has 2 aliphatic rings. The molecule has 0 radical (unpaired) electrons. The lowest BCUT2D eigenvalue weighted by Crippen LogP contribution is -2.51. The molecule has 1 aromatic rings. The number of ether oxygens (including phenoxy) is 1. The molecule has 7 heteroatoms. The molecule has 0 saturated carbocycles. The molecule has 2 saturated heterocycles. The second kappa shape index (κ2) is 8.67. The Kier molecular flexibility index (Phi) is 7.56. The van der Waals surface area contributed by atoms with Crippen LogP contribution in [0, 0.1) is 18.8 Å². The zero-order valence-electron chi connectivity index (χ0n) is 12.6. The number of hydrogen-bond acceptors (Lipinski definition) is 4. The Morgan fingerprint density at radius 3 is 3.00 bits per heavy atom. The molecule has 5 nitrogen and oxygen atoms in total. The van der Waals surface area contributed by atoms with Gasteiger partial charge in [-0.2, -0.15) is 0 Å². The molecular formula is C15H23Cl2N3O2. The molecule has 0 aromatic carbocycles. The highest BCUT2D eigenvalue weighted by Crippen LogP contribution is 2.31. The van der Waals surface area contributed by atoms with Crippen molar-refractivity contribution in [2.75, 3.05) is 25.0 Å². The Labute approximate surface area is 143 Å². The van der Waals surface area contributed by atoms with Crippen LogP contribution in [0.1, 0.15) is 18.5 Å². The van der Waals surface area contributed by atoms with Crippen molar-refractivity contribution < 1.29 is 9.53 Å². The molecule has 22 heavy (non-hydrogen) atoms. The lowest BCUT2D eigenvalue weighted by Gasteiger charge is -2.40. The maximum atomic E-state index is 12.6. The number of nitrogens with one attached hydrogen (secondary N) is 2. The zero-order valence-corrected chi connectivity index (χ0v) is 14.2. The van der Waals surface area contributed by atoms with Gasteiger partial charge in [-0.3, -0.25) is 9.78 Å². The van der Waals surface area contributed by atoms with Gasteiger partial charge in [0.05, 0.1) is 17.5 Å². The predicted molar refractivity (Wildman–Crippen MR) is 90.9 cm³/mol. The number of nitrogens with zero attached hydrogens (tertiary/aromatic N) is 1. The highest BCUT2D eigenvalue weighted by atomic mass is 35.5. The van der Waals surface area contributed by atoms with Gasteiger partial charge in [-0.15, -0.1) is 24.8 Å². The molecule has 0 spiro atoms. The van der Waals surface area contributed by atoms with Crippen LogP contribution in [-0.4, -0.2) is 36.7 Å². The van der Waals surface area contributed by atoms with Crippen LogP contribution in [-0.2, 0) is 9.53 Å². The van der Waals surface area contributed by atoms with Gasteiger partial charge in [0.15, 0.2) is 0 Å². The second-order valence-corrected chi connectivity index (χ2v) is 5.59. The van der Waals surface area contributed by atoms with E-state index in [2.05, 4.69) is 15.6 Å². The van der Waals surface area contributed by atoms with Gasteiger partial charge in [0.2, 0.25) is 5.91 Å². The van der Waals surface area contributed by atoms with E-state index >= 15 is 0 Å². The number of rotatable bonds is 2.